The van der Waals surface area contributed by atoms with Gasteiger partial charge in [-0.15, -0.1) is 0 Å². The third kappa shape index (κ3) is 3.52. The van der Waals surface area contributed by atoms with Gasteiger partial charge in [-0.3, -0.25) is 0 Å². The van der Waals surface area contributed by atoms with Crippen LogP contribution < -0.4 is 5.32 Å². The number of ether oxygens (including phenoxy) is 2. The Hall–Kier alpha value is -0.980. The normalized spacial score (nSPS) is 24.8. The first-order chi connectivity index (χ1) is 8.82. The molecule has 1 fully saturated rings. The molecule has 1 aliphatic rings. The van der Waals surface area contributed by atoms with Crippen LogP contribution in [0.25, 0.3) is 0 Å². The van der Waals surface area contributed by atoms with Gasteiger partial charge in [-0.1, -0.05) is 5.16 Å². The third-order valence-corrected chi connectivity index (χ3v) is 3.36. The first-order valence-corrected chi connectivity index (χ1v) is 6.56. The molecule has 1 aromatic heterocycles. The van der Waals surface area contributed by atoms with Crippen molar-refractivity contribution in [2.24, 2.45) is 0 Å². The molecule has 108 valence electrons. The molecule has 6 nitrogen and oxygen atoms in total. The van der Waals surface area contributed by atoms with Gasteiger partial charge in [-0.05, 0) is 34.1 Å². The summed E-state index contributed by atoms with van der Waals surface area (Å²) in [7, 11) is 1.61. The molecule has 2 heterocycles. The summed E-state index contributed by atoms with van der Waals surface area (Å²) < 4.78 is 16.1. The number of nitrogens with zero attached hydrogens (tertiary/aromatic N) is 2. The van der Waals surface area contributed by atoms with Gasteiger partial charge in [-0.2, -0.15) is 4.98 Å². The zero-order chi connectivity index (χ0) is 14.1. The van der Waals surface area contributed by atoms with Crippen LogP contribution in [0.2, 0.25) is 0 Å². The summed E-state index contributed by atoms with van der Waals surface area (Å²) in [6.07, 6.45) is 0.957. The van der Waals surface area contributed by atoms with Crippen LogP contribution in [0, 0.1) is 0 Å². The first-order valence-electron chi connectivity index (χ1n) is 6.56. The Balaban J connectivity index is 1.91. The van der Waals surface area contributed by atoms with E-state index in [4.69, 9.17) is 14.0 Å². The summed E-state index contributed by atoms with van der Waals surface area (Å²) in [4.78, 5) is 4.24. The molecule has 0 aliphatic carbocycles. The van der Waals surface area contributed by atoms with Gasteiger partial charge < -0.3 is 19.3 Å². The molecule has 1 N–H and O–H groups in total. The van der Waals surface area contributed by atoms with Gasteiger partial charge in [0.2, 0.25) is 5.89 Å². The van der Waals surface area contributed by atoms with Crippen molar-refractivity contribution < 1.29 is 14.0 Å². The maximum atomic E-state index is 6.03. The second-order valence-corrected chi connectivity index (χ2v) is 6.14. The van der Waals surface area contributed by atoms with E-state index < -0.39 is 0 Å². The Bertz CT molecular complexity index is 429. The Kier molecular flexibility index (Phi) is 3.94. The molecule has 1 aromatic rings. The highest BCUT2D eigenvalue weighted by atomic mass is 16.5. The average molecular weight is 269 g/mol. The minimum absolute atomic E-state index is 0.1000. The predicted octanol–water partition coefficient (Wildman–Crippen LogP) is 1.65. The Morgan fingerprint density at radius 3 is 2.68 bits per heavy atom. The molecule has 0 spiro atoms. The van der Waals surface area contributed by atoms with Crippen LogP contribution in [0.4, 0.5) is 0 Å². The highest BCUT2D eigenvalue weighted by molar-refractivity contribution is 4.99. The van der Waals surface area contributed by atoms with Gasteiger partial charge in [0.05, 0.1) is 17.7 Å². The molecular weight excluding hydrogens is 246 g/mol. The van der Waals surface area contributed by atoms with Crippen molar-refractivity contribution in [3.63, 3.8) is 0 Å². The Morgan fingerprint density at radius 2 is 2.11 bits per heavy atom. The van der Waals surface area contributed by atoms with E-state index in [0.717, 1.165) is 6.42 Å². The molecule has 0 aromatic carbocycles. The minimum Gasteiger partial charge on any atom is -0.377 e. The second-order valence-electron chi connectivity index (χ2n) is 6.14. The molecule has 0 radical (unpaired) electrons. The van der Waals surface area contributed by atoms with Crippen LogP contribution in [0.15, 0.2) is 4.52 Å². The number of hydrogen-bond donors (Lipinski definition) is 1. The van der Waals surface area contributed by atoms with E-state index in [9.17, 15) is 0 Å². The molecule has 1 saturated heterocycles. The molecule has 1 atom stereocenters. The molecular formula is C13H23N3O3. The van der Waals surface area contributed by atoms with Gasteiger partial charge in [0.15, 0.2) is 5.82 Å². The number of nitrogens with one attached hydrogen (secondary N) is 1. The van der Waals surface area contributed by atoms with Crippen LogP contribution in [-0.4, -0.2) is 34.5 Å². The summed E-state index contributed by atoms with van der Waals surface area (Å²) in [6, 6.07) is 0.264. The summed E-state index contributed by atoms with van der Waals surface area (Å²) >= 11 is 0. The van der Waals surface area contributed by atoms with E-state index in [0.29, 0.717) is 24.9 Å². The fraction of sp³-hybridized carbons (Fsp3) is 0.846. The summed E-state index contributed by atoms with van der Waals surface area (Å²) in [5.41, 5.74) is -0.296. The van der Waals surface area contributed by atoms with Gasteiger partial charge in [-0.25, -0.2) is 0 Å². The van der Waals surface area contributed by atoms with Crippen LogP contribution >= 0.6 is 0 Å². The van der Waals surface area contributed by atoms with Crippen molar-refractivity contribution in [2.75, 3.05) is 7.11 Å². The highest BCUT2D eigenvalue weighted by Crippen LogP contribution is 2.37. The van der Waals surface area contributed by atoms with E-state index in [1.54, 1.807) is 7.11 Å². The van der Waals surface area contributed by atoms with Gasteiger partial charge in [0.1, 0.15) is 6.61 Å². The Morgan fingerprint density at radius 1 is 1.37 bits per heavy atom. The molecule has 0 amide bonds. The van der Waals surface area contributed by atoms with E-state index in [1.165, 1.54) is 0 Å². The molecule has 1 aliphatic heterocycles. The van der Waals surface area contributed by atoms with Crippen molar-refractivity contribution in [1.82, 2.24) is 15.5 Å². The van der Waals surface area contributed by atoms with Crippen molar-refractivity contribution >= 4 is 0 Å². The second kappa shape index (κ2) is 5.19. The summed E-state index contributed by atoms with van der Waals surface area (Å²) in [5.74, 6) is 1.15. The maximum absolute atomic E-state index is 6.03. The topological polar surface area (TPSA) is 69.4 Å². The van der Waals surface area contributed by atoms with Crippen molar-refractivity contribution in [3.8, 4) is 0 Å². The first kappa shape index (κ1) is 14.4. The molecule has 6 heteroatoms. The lowest BCUT2D eigenvalue weighted by atomic mass is 9.94. The smallest absolute Gasteiger partial charge is 0.240 e. The van der Waals surface area contributed by atoms with Crippen LogP contribution in [0.1, 0.15) is 45.8 Å². The van der Waals surface area contributed by atoms with Crippen LogP contribution in [0.3, 0.4) is 0 Å². The lowest BCUT2D eigenvalue weighted by molar-refractivity contribution is -0.0700. The maximum Gasteiger partial charge on any atom is 0.240 e. The van der Waals surface area contributed by atoms with Crippen molar-refractivity contribution in [3.05, 3.63) is 11.7 Å². The molecule has 0 bridgehead atoms. The Labute approximate surface area is 113 Å². The molecule has 19 heavy (non-hydrogen) atoms. The van der Waals surface area contributed by atoms with Crippen molar-refractivity contribution in [1.29, 1.82) is 0 Å². The van der Waals surface area contributed by atoms with Crippen LogP contribution in [-0.2, 0) is 22.6 Å². The number of rotatable bonds is 5. The number of hydrogen-bond acceptors (Lipinski definition) is 6. The van der Waals surface area contributed by atoms with Crippen LogP contribution in [0.5, 0.6) is 0 Å². The lowest BCUT2D eigenvalue weighted by Crippen LogP contribution is -2.43. The minimum atomic E-state index is -0.196. The SMILES string of the molecule is COCc1noc(CN[C@@H]2CC(C)(C)OC2(C)C)n1. The molecule has 0 unspecified atom stereocenters. The van der Waals surface area contributed by atoms with E-state index >= 15 is 0 Å². The summed E-state index contributed by atoms with van der Waals surface area (Å²) in [6.45, 7) is 9.34. The van der Waals surface area contributed by atoms with Gasteiger partial charge in [0.25, 0.3) is 0 Å². The fourth-order valence-electron chi connectivity index (χ4n) is 2.64. The monoisotopic (exact) mass is 269 g/mol. The summed E-state index contributed by atoms with van der Waals surface area (Å²) in [5, 5.41) is 7.27. The zero-order valence-electron chi connectivity index (χ0n) is 12.3. The van der Waals surface area contributed by atoms with E-state index in [-0.39, 0.29) is 17.2 Å². The van der Waals surface area contributed by atoms with E-state index in [1.807, 2.05) is 0 Å². The third-order valence-electron chi connectivity index (χ3n) is 3.36. The zero-order valence-corrected chi connectivity index (χ0v) is 12.3. The van der Waals surface area contributed by atoms with E-state index in [2.05, 4.69) is 43.2 Å². The van der Waals surface area contributed by atoms with Gasteiger partial charge >= 0.3 is 0 Å². The number of methoxy groups -OCH3 is 1. The molecule has 0 saturated carbocycles. The van der Waals surface area contributed by atoms with Gasteiger partial charge in [0, 0.05) is 13.2 Å². The highest BCUT2D eigenvalue weighted by Gasteiger charge is 2.45. The quantitative estimate of drug-likeness (QED) is 0.876. The standard InChI is InChI=1S/C13H23N3O3/c1-12(2)6-9(13(3,4)19-12)14-7-11-15-10(8-17-5)16-18-11/h9,14H,6-8H2,1-5H3/t9-/m1/s1. The molecule has 2 rings (SSSR count). The largest absolute Gasteiger partial charge is 0.377 e. The number of aromatic nitrogens is 2. The van der Waals surface area contributed by atoms with Crippen molar-refractivity contribution in [2.45, 2.75) is 64.5 Å². The predicted molar refractivity (Wildman–Crippen MR) is 69.5 cm³/mol. The average Bonchev–Trinajstić information content (AvgIpc) is 2.78. The lowest BCUT2D eigenvalue weighted by Gasteiger charge is -2.27. The fourth-order valence-corrected chi connectivity index (χ4v) is 2.64.